The zero-order valence-electron chi connectivity index (χ0n) is 10.8. The first kappa shape index (κ1) is 15.0. The monoisotopic (exact) mass is 265 g/mol. The lowest BCUT2D eigenvalue weighted by Crippen LogP contribution is -2.26. The molecule has 0 aliphatic carbocycles. The Morgan fingerprint density at radius 2 is 1.84 bits per heavy atom. The van der Waals surface area contributed by atoms with Crippen molar-refractivity contribution in [2.24, 2.45) is 0 Å². The number of nitrogens with one attached hydrogen (secondary N) is 1. The normalized spacial score (nSPS) is 10.1. The molecule has 0 atom stereocenters. The highest BCUT2D eigenvalue weighted by Gasteiger charge is 2.06. The summed E-state index contributed by atoms with van der Waals surface area (Å²) in [6.07, 6.45) is 2.50. The summed E-state index contributed by atoms with van der Waals surface area (Å²) in [6.45, 7) is 0.534. The number of phenolic OH excluding ortho intramolecular Hbond substituents is 1. The fraction of sp³-hybridized carbons (Fsp3) is 0.429. The van der Waals surface area contributed by atoms with Gasteiger partial charge >= 0.3 is 5.97 Å². The van der Waals surface area contributed by atoms with E-state index in [2.05, 4.69) is 5.32 Å². The molecule has 0 bridgehead atoms. The number of carbonyl (C=O) groups excluding carboxylic acids is 1. The summed E-state index contributed by atoms with van der Waals surface area (Å²) in [6, 6.07) is 6.74. The smallest absolute Gasteiger partial charge is 0.303 e. The molecule has 104 valence electrons. The van der Waals surface area contributed by atoms with Crippen LogP contribution in [0, 0.1) is 0 Å². The molecule has 0 spiro atoms. The van der Waals surface area contributed by atoms with E-state index in [-0.39, 0.29) is 24.5 Å². The third kappa shape index (κ3) is 6.45. The molecule has 19 heavy (non-hydrogen) atoms. The minimum Gasteiger partial charge on any atom is -0.508 e. The van der Waals surface area contributed by atoms with Crippen molar-refractivity contribution in [2.75, 3.05) is 6.54 Å². The molecule has 5 heteroatoms. The number of rotatable bonds is 8. The van der Waals surface area contributed by atoms with Crippen LogP contribution in [0.4, 0.5) is 0 Å². The van der Waals surface area contributed by atoms with E-state index in [9.17, 15) is 14.7 Å². The average Bonchev–Trinajstić information content (AvgIpc) is 2.36. The Morgan fingerprint density at radius 3 is 2.53 bits per heavy atom. The van der Waals surface area contributed by atoms with Gasteiger partial charge in [-0.2, -0.15) is 0 Å². The number of carboxylic acid groups (broad SMARTS) is 1. The third-order valence-corrected chi connectivity index (χ3v) is 2.73. The van der Waals surface area contributed by atoms with Gasteiger partial charge in [-0.3, -0.25) is 9.59 Å². The second kappa shape index (κ2) is 8.13. The van der Waals surface area contributed by atoms with Crippen molar-refractivity contribution in [1.82, 2.24) is 5.32 Å². The van der Waals surface area contributed by atoms with Crippen molar-refractivity contribution in [1.29, 1.82) is 0 Å². The van der Waals surface area contributed by atoms with Gasteiger partial charge in [-0.05, 0) is 18.9 Å². The number of aliphatic carboxylic acids is 1. The minimum absolute atomic E-state index is 0.124. The SMILES string of the molecule is O=C(O)CCCCCNC(=O)Cc1ccccc1O. The second-order valence-corrected chi connectivity index (χ2v) is 4.36. The predicted octanol–water partition coefficient (Wildman–Crippen LogP) is 1.70. The van der Waals surface area contributed by atoms with Crippen LogP contribution in [0.25, 0.3) is 0 Å². The Hall–Kier alpha value is -2.04. The van der Waals surface area contributed by atoms with Gasteiger partial charge in [0.1, 0.15) is 5.75 Å². The molecule has 0 saturated carbocycles. The van der Waals surface area contributed by atoms with Gasteiger partial charge in [0.2, 0.25) is 5.91 Å². The first-order valence-corrected chi connectivity index (χ1v) is 6.35. The molecule has 1 rings (SSSR count). The lowest BCUT2D eigenvalue weighted by molar-refractivity contribution is -0.137. The highest BCUT2D eigenvalue weighted by Crippen LogP contribution is 2.15. The van der Waals surface area contributed by atoms with Crippen LogP contribution in [0.3, 0.4) is 0 Å². The van der Waals surface area contributed by atoms with Crippen molar-refractivity contribution in [3.05, 3.63) is 29.8 Å². The van der Waals surface area contributed by atoms with Gasteiger partial charge in [-0.1, -0.05) is 24.6 Å². The van der Waals surface area contributed by atoms with E-state index in [4.69, 9.17) is 5.11 Å². The van der Waals surface area contributed by atoms with Crippen molar-refractivity contribution in [3.63, 3.8) is 0 Å². The van der Waals surface area contributed by atoms with E-state index >= 15 is 0 Å². The molecule has 1 amide bonds. The molecule has 0 radical (unpaired) electrons. The number of phenols is 1. The largest absolute Gasteiger partial charge is 0.508 e. The van der Waals surface area contributed by atoms with Crippen LogP contribution in [0.15, 0.2) is 24.3 Å². The van der Waals surface area contributed by atoms with Crippen LogP contribution >= 0.6 is 0 Å². The number of unbranched alkanes of at least 4 members (excludes halogenated alkanes) is 2. The lowest BCUT2D eigenvalue weighted by atomic mass is 10.1. The molecule has 1 aromatic rings. The van der Waals surface area contributed by atoms with Crippen molar-refractivity contribution < 1.29 is 19.8 Å². The Bertz CT molecular complexity index is 431. The molecule has 0 saturated heterocycles. The van der Waals surface area contributed by atoms with Crippen LogP contribution < -0.4 is 5.32 Å². The quantitative estimate of drug-likeness (QED) is 0.624. The molecule has 0 unspecified atom stereocenters. The van der Waals surface area contributed by atoms with Gasteiger partial charge in [0.05, 0.1) is 6.42 Å². The number of carboxylic acids is 1. The van der Waals surface area contributed by atoms with E-state index < -0.39 is 5.97 Å². The van der Waals surface area contributed by atoms with Crippen molar-refractivity contribution in [3.8, 4) is 5.75 Å². The Labute approximate surface area is 112 Å². The highest BCUT2D eigenvalue weighted by atomic mass is 16.4. The topological polar surface area (TPSA) is 86.6 Å². The number of benzene rings is 1. The summed E-state index contributed by atoms with van der Waals surface area (Å²) in [5, 5.41) is 20.7. The van der Waals surface area contributed by atoms with Crippen LogP contribution in [0.1, 0.15) is 31.2 Å². The minimum atomic E-state index is -0.788. The maximum atomic E-state index is 11.6. The molecule has 3 N–H and O–H groups in total. The van der Waals surface area contributed by atoms with Gasteiger partial charge in [-0.25, -0.2) is 0 Å². The van der Waals surface area contributed by atoms with Crippen molar-refractivity contribution in [2.45, 2.75) is 32.1 Å². The predicted molar refractivity (Wildman–Crippen MR) is 70.9 cm³/mol. The van der Waals surface area contributed by atoms with E-state index in [1.54, 1.807) is 24.3 Å². The number of para-hydroxylation sites is 1. The summed E-state index contributed by atoms with van der Waals surface area (Å²) in [5.41, 5.74) is 0.603. The Morgan fingerprint density at radius 1 is 1.11 bits per heavy atom. The third-order valence-electron chi connectivity index (χ3n) is 2.73. The fourth-order valence-corrected chi connectivity index (χ4v) is 1.70. The fourth-order valence-electron chi connectivity index (χ4n) is 1.70. The Balaban J connectivity index is 2.15. The molecule has 0 aliphatic rings. The molecule has 5 nitrogen and oxygen atoms in total. The molecular formula is C14H19NO4. The summed E-state index contributed by atoms with van der Waals surface area (Å²) in [7, 11) is 0. The van der Waals surface area contributed by atoms with Gasteiger partial charge in [0.25, 0.3) is 0 Å². The lowest BCUT2D eigenvalue weighted by Gasteiger charge is -2.06. The standard InChI is InChI=1S/C14H19NO4/c16-12-7-4-3-6-11(12)10-13(17)15-9-5-1-2-8-14(18)19/h3-4,6-7,16H,1-2,5,8-10H2,(H,15,17)(H,18,19). The molecule has 1 aromatic carbocycles. The maximum absolute atomic E-state index is 11.6. The number of hydrogen-bond donors (Lipinski definition) is 3. The van der Waals surface area contributed by atoms with Crippen molar-refractivity contribution >= 4 is 11.9 Å². The molecule has 0 aromatic heterocycles. The van der Waals surface area contributed by atoms with E-state index in [0.29, 0.717) is 18.5 Å². The number of carbonyl (C=O) groups is 2. The Kier molecular flexibility index (Phi) is 6.43. The summed E-state index contributed by atoms with van der Waals surface area (Å²) < 4.78 is 0. The second-order valence-electron chi connectivity index (χ2n) is 4.36. The number of amides is 1. The van der Waals surface area contributed by atoms with Crippen LogP contribution in [0.5, 0.6) is 5.75 Å². The molecular weight excluding hydrogens is 246 g/mol. The van der Waals surface area contributed by atoms with E-state index in [0.717, 1.165) is 12.8 Å². The molecule has 0 heterocycles. The zero-order chi connectivity index (χ0) is 14.1. The van der Waals surface area contributed by atoms with Gasteiger partial charge in [-0.15, -0.1) is 0 Å². The van der Waals surface area contributed by atoms with Crippen LogP contribution in [-0.2, 0) is 16.0 Å². The first-order valence-electron chi connectivity index (χ1n) is 6.35. The van der Waals surface area contributed by atoms with Gasteiger partial charge in [0.15, 0.2) is 0 Å². The summed E-state index contributed by atoms with van der Waals surface area (Å²) >= 11 is 0. The average molecular weight is 265 g/mol. The maximum Gasteiger partial charge on any atom is 0.303 e. The molecule has 0 fully saturated rings. The first-order chi connectivity index (χ1) is 9.09. The van der Waals surface area contributed by atoms with Crippen LogP contribution in [-0.4, -0.2) is 28.6 Å². The number of hydrogen-bond acceptors (Lipinski definition) is 3. The molecule has 0 aliphatic heterocycles. The van der Waals surface area contributed by atoms with Gasteiger partial charge in [0, 0.05) is 18.5 Å². The van der Waals surface area contributed by atoms with E-state index in [1.807, 2.05) is 0 Å². The highest BCUT2D eigenvalue weighted by molar-refractivity contribution is 5.79. The summed E-state index contributed by atoms with van der Waals surface area (Å²) in [5.74, 6) is -0.803. The zero-order valence-corrected chi connectivity index (χ0v) is 10.8. The van der Waals surface area contributed by atoms with E-state index in [1.165, 1.54) is 0 Å². The van der Waals surface area contributed by atoms with Crippen LogP contribution in [0.2, 0.25) is 0 Å². The van der Waals surface area contributed by atoms with Gasteiger partial charge < -0.3 is 15.5 Å². The summed E-state index contributed by atoms with van der Waals surface area (Å²) in [4.78, 5) is 21.9. The number of aromatic hydroxyl groups is 1.